The molecule has 19 heavy (non-hydrogen) atoms. The number of fused-ring (bicyclic) bond motifs is 3. The second-order valence-electron chi connectivity index (χ2n) is 4.42. The summed E-state index contributed by atoms with van der Waals surface area (Å²) in [6.45, 7) is 0. The molecule has 0 saturated carbocycles. The van der Waals surface area contributed by atoms with Crippen molar-refractivity contribution in [2.24, 2.45) is 0 Å². The van der Waals surface area contributed by atoms with Gasteiger partial charge >= 0.3 is 0 Å². The number of hydrogen-bond donors (Lipinski definition) is 0. The topological polar surface area (TPSA) is 30.7 Å². The van der Waals surface area contributed by atoms with Crippen LogP contribution >= 0.6 is 0 Å². The second kappa shape index (κ2) is 3.92. The molecule has 0 atom stereocenters. The fraction of sp³-hybridized carbons (Fsp3) is 0. The Balaban J connectivity index is 2.24. The van der Waals surface area contributed by atoms with Crippen LogP contribution in [0.25, 0.3) is 27.8 Å². The van der Waals surface area contributed by atoms with Crippen molar-refractivity contribution in [3.8, 4) is 5.69 Å². The van der Waals surface area contributed by atoms with E-state index in [-0.39, 0.29) is 0 Å². The van der Waals surface area contributed by atoms with Crippen molar-refractivity contribution in [1.82, 2.24) is 14.5 Å². The SMILES string of the molecule is c1ccc(-n2c3ccccc3c3nccnc32)cc1. The predicted molar refractivity (Wildman–Crippen MR) is 76.4 cm³/mol. The molecular formula is C16H11N3. The summed E-state index contributed by atoms with van der Waals surface area (Å²) in [7, 11) is 0. The van der Waals surface area contributed by atoms with Gasteiger partial charge in [-0.05, 0) is 18.2 Å². The average Bonchev–Trinajstić information content (AvgIpc) is 2.83. The zero-order chi connectivity index (χ0) is 12.7. The summed E-state index contributed by atoms with van der Waals surface area (Å²) in [6.07, 6.45) is 3.48. The largest absolute Gasteiger partial charge is 0.293 e. The Morgan fingerprint density at radius 1 is 0.737 bits per heavy atom. The molecule has 0 unspecified atom stereocenters. The fourth-order valence-electron chi connectivity index (χ4n) is 2.51. The maximum atomic E-state index is 4.50. The summed E-state index contributed by atoms with van der Waals surface area (Å²) in [5.74, 6) is 0. The molecule has 3 nitrogen and oxygen atoms in total. The molecule has 0 spiro atoms. The summed E-state index contributed by atoms with van der Waals surface area (Å²) in [4.78, 5) is 8.97. The lowest BCUT2D eigenvalue weighted by atomic mass is 10.2. The molecule has 0 radical (unpaired) electrons. The van der Waals surface area contributed by atoms with E-state index < -0.39 is 0 Å². The molecule has 0 saturated heterocycles. The number of nitrogens with zero attached hydrogens (tertiary/aromatic N) is 3. The van der Waals surface area contributed by atoms with Crippen LogP contribution in [0.3, 0.4) is 0 Å². The van der Waals surface area contributed by atoms with Crippen LogP contribution in [0.15, 0.2) is 67.0 Å². The van der Waals surface area contributed by atoms with Gasteiger partial charge in [0.1, 0.15) is 5.52 Å². The van der Waals surface area contributed by atoms with Crippen LogP contribution < -0.4 is 0 Å². The number of para-hydroxylation sites is 2. The Morgan fingerprint density at radius 3 is 2.37 bits per heavy atom. The molecule has 3 heteroatoms. The minimum atomic E-state index is 0.898. The van der Waals surface area contributed by atoms with Gasteiger partial charge in [-0.1, -0.05) is 36.4 Å². The normalized spacial score (nSPS) is 11.2. The summed E-state index contributed by atoms with van der Waals surface area (Å²) >= 11 is 0. The lowest BCUT2D eigenvalue weighted by Gasteiger charge is -2.05. The van der Waals surface area contributed by atoms with E-state index in [2.05, 4.69) is 38.8 Å². The number of aromatic nitrogens is 3. The molecule has 4 aromatic rings. The first-order valence-corrected chi connectivity index (χ1v) is 6.21. The molecule has 2 aromatic heterocycles. The minimum absolute atomic E-state index is 0.898. The predicted octanol–water partition coefficient (Wildman–Crippen LogP) is 3.57. The fourth-order valence-corrected chi connectivity index (χ4v) is 2.51. The van der Waals surface area contributed by atoms with Crippen LogP contribution in [0, 0.1) is 0 Å². The van der Waals surface area contributed by atoms with Crippen molar-refractivity contribution >= 4 is 22.1 Å². The van der Waals surface area contributed by atoms with Crippen LogP contribution in [0.5, 0.6) is 0 Å². The van der Waals surface area contributed by atoms with E-state index in [1.165, 1.54) is 0 Å². The average molecular weight is 245 g/mol. The van der Waals surface area contributed by atoms with Gasteiger partial charge in [0.15, 0.2) is 5.65 Å². The van der Waals surface area contributed by atoms with Crippen molar-refractivity contribution in [1.29, 1.82) is 0 Å². The smallest absolute Gasteiger partial charge is 0.164 e. The van der Waals surface area contributed by atoms with Crippen LogP contribution in [-0.2, 0) is 0 Å². The molecule has 0 amide bonds. The molecule has 4 rings (SSSR count). The molecule has 0 N–H and O–H groups in total. The standard InChI is InChI=1S/C16H11N3/c1-2-6-12(7-3-1)19-14-9-5-4-8-13(14)15-16(19)18-11-10-17-15/h1-11H. The zero-order valence-corrected chi connectivity index (χ0v) is 10.2. The molecule has 0 aliphatic heterocycles. The van der Waals surface area contributed by atoms with E-state index >= 15 is 0 Å². The number of hydrogen-bond acceptors (Lipinski definition) is 2. The van der Waals surface area contributed by atoms with Crippen molar-refractivity contribution in [2.75, 3.05) is 0 Å². The van der Waals surface area contributed by atoms with E-state index in [4.69, 9.17) is 0 Å². The van der Waals surface area contributed by atoms with Crippen LogP contribution in [0.4, 0.5) is 0 Å². The van der Waals surface area contributed by atoms with Gasteiger partial charge in [-0.3, -0.25) is 9.55 Å². The Kier molecular flexibility index (Phi) is 2.12. The molecule has 2 aromatic carbocycles. The van der Waals surface area contributed by atoms with Crippen molar-refractivity contribution in [3.05, 3.63) is 67.0 Å². The van der Waals surface area contributed by atoms with E-state index in [0.29, 0.717) is 0 Å². The van der Waals surface area contributed by atoms with Crippen molar-refractivity contribution < 1.29 is 0 Å². The summed E-state index contributed by atoms with van der Waals surface area (Å²) in [5.41, 5.74) is 4.08. The third-order valence-corrected chi connectivity index (χ3v) is 3.31. The molecule has 0 bridgehead atoms. The highest BCUT2D eigenvalue weighted by molar-refractivity contribution is 6.05. The Labute approximate surface area is 110 Å². The lowest BCUT2D eigenvalue weighted by Crippen LogP contribution is -1.94. The lowest BCUT2D eigenvalue weighted by molar-refractivity contribution is 1.12. The highest BCUT2D eigenvalue weighted by Crippen LogP contribution is 2.28. The van der Waals surface area contributed by atoms with Gasteiger partial charge in [-0.15, -0.1) is 0 Å². The number of benzene rings is 2. The first kappa shape index (κ1) is 10.3. The third-order valence-electron chi connectivity index (χ3n) is 3.31. The highest BCUT2D eigenvalue weighted by atomic mass is 15.1. The van der Waals surface area contributed by atoms with Gasteiger partial charge in [-0.2, -0.15) is 0 Å². The maximum absolute atomic E-state index is 4.50. The van der Waals surface area contributed by atoms with Gasteiger partial charge in [0.2, 0.25) is 0 Å². The molecule has 2 heterocycles. The molecule has 90 valence electrons. The second-order valence-corrected chi connectivity index (χ2v) is 4.42. The van der Waals surface area contributed by atoms with Crippen LogP contribution in [0.2, 0.25) is 0 Å². The van der Waals surface area contributed by atoms with Gasteiger partial charge in [-0.25, -0.2) is 4.98 Å². The van der Waals surface area contributed by atoms with Crippen molar-refractivity contribution in [2.45, 2.75) is 0 Å². The number of rotatable bonds is 1. The summed E-state index contributed by atoms with van der Waals surface area (Å²) in [5, 5.41) is 1.13. The first-order valence-electron chi connectivity index (χ1n) is 6.21. The zero-order valence-electron chi connectivity index (χ0n) is 10.2. The van der Waals surface area contributed by atoms with Crippen molar-refractivity contribution in [3.63, 3.8) is 0 Å². The van der Waals surface area contributed by atoms with E-state index in [1.807, 2.05) is 30.3 Å². The molecule has 0 aliphatic rings. The molecular weight excluding hydrogens is 234 g/mol. The van der Waals surface area contributed by atoms with Crippen LogP contribution in [0.1, 0.15) is 0 Å². The van der Waals surface area contributed by atoms with Crippen LogP contribution in [-0.4, -0.2) is 14.5 Å². The summed E-state index contributed by atoms with van der Waals surface area (Å²) < 4.78 is 2.15. The van der Waals surface area contributed by atoms with E-state index in [9.17, 15) is 0 Å². The maximum Gasteiger partial charge on any atom is 0.164 e. The monoisotopic (exact) mass is 245 g/mol. The minimum Gasteiger partial charge on any atom is -0.293 e. The van der Waals surface area contributed by atoms with Gasteiger partial charge in [0.25, 0.3) is 0 Å². The van der Waals surface area contributed by atoms with E-state index in [1.54, 1.807) is 12.4 Å². The van der Waals surface area contributed by atoms with E-state index in [0.717, 1.165) is 27.8 Å². The quantitative estimate of drug-likeness (QED) is 0.513. The van der Waals surface area contributed by atoms with Gasteiger partial charge < -0.3 is 0 Å². The summed E-state index contributed by atoms with van der Waals surface area (Å²) in [6, 6.07) is 18.5. The van der Waals surface area contributed by atoms with Gasteiger partial charge in [0.05, 0.1) is 5.52 Å². The third kappa shape index (κ3) is 1.45. The first-order chi connectivity index (χ1) is 9.45. The Hall–Kier alpha value is -2.68. The molecule has 0 fully saturated rings. The Bertz CT molecular complexity index is 810. The molecule has 0 aliphatic carbocycles. The Morgan fingerprint density at radius 2 is 1.47 bits per heavy atom. The van der Waals surface area contributed by atoms with Gasteiger partial charge in [0, 0.05) is 23.5 Å². The highest BCUT2D eigenvalue weighted by Gasteiger charge is 2.12.